The summed E-state index contributed by atoms with van der Waals surface area (Å²) in [5.41, 5.74) is -0.567. The Labute approximate surface area is 82.7 Å². The molecule has 4 nitrogen and oxygen atoms in total. The van der Waals surface area contributed by atoms with Crippen molar-refractivity contribution >= 4 is 11.9 Å². The van der Waals surface area contributed by atoms with E-state index in [0.29, 0.717) is 5.92 Å². The third-order valence-electron chi connectivity index (χ3n) is 3.07. The predicted octanol–water partition coefficient (Wildman–Crippen LogP) is 0.941. The number of carbonyl (C=O) groups is 2. The number of hydrogen-bond acceptors (Lipinski definition) is 2. The van der Waals surface area contributed by atoms with Crippen LogP contribution in [0.4, 0.5) is 4.79 Å². The van der Waals surface area contributed by atoms with Crippen LogP contribution in [0.1, 0.15) is 25.7 Å². The van der Waals surface area contributed by atoms with Crippen molar-refractivity contribution in [2.75, 3.05) is 0 Å². The summed E-state index contributed by atoms with van der Waals surface area (Å²) in [6.07, 6.45) is 5.49. The zero-order valence-corrected chi connectivity index (χ0v) is 8.01. The molecule has 14 heavy (non-hydrogen) atoms. The van der Waals surface area contributed by atoms with Gasteiger partial charge in [0, 0.05) is 0 Å². The lowest BCUT2D eigenvalue weighted by Gasteiger charge is -2.42. The minimum Gasteiger partial charge on any atom is -0.323 e. The maximum absolute atomic E-state index is 11.4. The monoisotopic (exact) mass is 194 g/mol. The smallest absolute Gasteiger partial charge is 0.322 e. The van der Waals surface area contributed by atoms with E-state index in [9.17, 15) is 9.59 Å². The van der Waals surface area contributed by atoms with Crippen molar-refractivity contribution in [3.8, 4) is 0 Å². The van der Waals surface area contributed by atoms with Crippen LogP contribution in [-0.2, 0) is 4.79 Å². The number of nitrogens with one attached hydrogen (secondary N) is 2. The summed E-state index contributed by atoms with van der Waals surface area (Å²) in [5, 5.41) is 4.97. The van der Waals surface area contributed by atoms with Crippen molar-refractivity contribution in [2.24, 2.45) is 5.92 Å². The Morgan fingerprint density at radius 2 is 2.21 bits per heavy atom. The van der Waals surface area contributed by atoms with E-state index in [2.05, 4.69) is 17.2 Å². The summed E-state index contributed by atoms with van der Waals surface area (Å²) in [4.78, 5) is 22.3. The molecule has 4 heteroatoms. The molecule has 2 N–H and O–H groups in total. The summed E-state index contributed by atoms with van der Waals surface area (Å²) in [6.45, 7) is 3.66. The predicted molar refractivity (Wildman–Crippen MR) is 51.6 cm³/mol. The first kappa shape index (κ1) is 9.24. The summed E-state index contributed by atoms with van der Waals surface area (Å²) < 4.78 is 0. The van der Waals surface area contributed by atoms with E-state index in [-0.39, 0.29) is 11.9 Å². The number of allylic oxidation sites excluding steroid dienone is 1. The Balaban J connectivity index is 1.88. The van der Waals surface area contributed by atoms with Gasteiger partial charge in [0.05, 0.1) is 0 Å². The van der Waals surface area contributed by atoms with E-state index < -0.39 is 5.54 Å². The first-order valence-electron chi connectivity index (χ1n) is 4.91. The molecule has 0 aromatic carbocycles. The van der Waals surface area contributed by atoms with Gasteiger partial charge < -0.3 is 5.32 Å². The van der Waals surface area contributed by atoms with E-state index in [4.69, 9.17) is 0 Å². The first-order valence-corrected chi connectivity index (χ1v) is 4.91. The molecule has 1 aliphatic carbocycles. The van der Waals surface area contributed by atoms with Gasteiger partial charge in [0.15, 0.2) is 0 Å². The van der Waals surface area contributed by atoms with Gasteiger partial charge in [-0.05, 0) is 31.6 Å². The second-order valence-electron chi connectivity index (χ2n) is 4.13. The van der Waals surface area contributed by atoms with Gasteiger partial charge in [-0.25, -0.2) is 4.79 Å². The van der Waals surface area contributed by atoms with E-state index >= 15 is 0 Å². The third kappa shape index (κ3) is 1.31. The molecule has 76 valence electrons. The van der Waals surface area contributed by atoms with E-state index in [1.165, 1.54) is 0 Å². The molecular weight excluding hydrogens is 180 g/mol. The van der Waals surface area contributed by atoms with E-state index in [1.807, 2.05) is 6.08 Å². The molecule has 3 amide bonds. The molecule has 0 atom stereocenters. The van der Waals surface area contributed by atoms with Gasteiger partial charge in [0.1, 0.15) is 5.54 Å². The van der Waals surface area contributed by atoms with Crippen LogP contribution in [0.15, 0.2) is 12.7 Å². The minimum absolute atomic E-state index is 0.155. The quantitative estimate of drug-likeness (QED) is 0.519. The normalized spacial score (nSPS) is 35.0. The topological polar surface area (TPSA) is 58.2 Å². The van der Waals surface area contributed by atoms with Crippen LogP contribution in [0.25, 0.3) is 0 Å². The van der Waals surface area contributed by atoms with Crippen molar-refractivity contribution in [2.45, 2.75) is 31.2 Å². The van der Waals surface area contributed by atoms with Crippen LogP contribution in [0.3, 0.4) is 0 Å². The van der Waals surface area contributed by atoms with Crippen LogP contribution in [-0.4, -0.2) is 17.5 Å². The standard InChI is InChI=1S/C10H14N2O2/c1-2-3-4-7-5-10(6-7)8(13)11-9(14)12-10/h2,7H,1,3-6H2,(H2,11,12,13,14). The first-order chi connectivity index (χ1) is 6.66. The molecule has 1 aliphatic heterocycles. The van der Waals surface area contributed by atoms with Gasteiger partial charge in [-0.3, -0.25) is 10.1 Å². The van der Waals surface area contributed by atoms with E-state index in [0.717, 1.165) is 25.7 Å². The van der Waals surface area contributed by atoms with Crippen LogP contribution < -0.4 is 10.6 Å². The minimum atomic E-state index is -0.567. The Hall–Kier alpha value is -1.32. The van der Waals surface area contributed by atoms with Crippen LogP contribution in [0.5, 0.6) is 0 Å². The fourth-order valence-corrected chi connectivity index (χ4v) is 2.30. The molecular formula is C10H14N2O2. The lowest BCUT2D eigenvalue weighted by atomic mass is 9.66. The molecule has 1 heterocycles. The van der Waals surface area contributed by atoms with E-state index in [1.54, 1.807) is 0 Å². The average molecular weight is 194 g/mol. The van der Waals surface area contributed by atoms with Crippen molar-refractivity contribution in [1.82, 2.24) is 10.6 Å². The Bertz CT molecular complexity index is 292. The number of amides is 3. The second kappa shape index (κ2) is 3.12. The lowest BCUT2D eigenvalue weighted by Crippen LogP contribution is -2.56. The van der Waals surface area contributed by atoms with Crippen LogP contribution >= 0.6 is 0 Å². The Morgan fingerprint density at radius 3 is 2.71 bits per heavy atom. The van der Waals surface area contributed by atoms with Crippen molar-refractivity contribution in [3.05, 3.63) is 12.7 Å². The molecule has 0 aromatic heterocycles. The highest BCUT2D eigenvalue weighted by Gasteiger charge is 2.54. The summed E-state index contributed by atoms with van der Waals surface area (Å²) in [6, 6.07) is -0.350. The van der Waals surface area contributed by atoms with Gasteiger partial charge in [0.2, 0.25) is 0 Å². The maximum Gasteiger partial charge on any atom is 0.322 e. The molecule has 2 rings (SSSR count). The zero-order chi connectivity index (χ0) is 10.2. The number of urea groups is 1. The van der Waals surface area contributed by atoms with Gasteiger partial charge >= 0.3 is 6.03 Å². The maximum atomic E-state index is 11.4. The Kier molecular flexibility index (Phi) is 2.06. The second-order valence-corrected chi connectivity index (χ2v) is 4.13. The van der Waals surface area contributed by atoms with Crippen molar-refractivity contribution in [3.63, 3.8) is 0 Å². The molecule has 0 aromatic rings. The van der Waals surface area contributed by atoms with Crippen molar-refractivity contribution in [1.29, 1.82) is 0 Å². The van der Waals surface area contributed by atoms with Crippen LogP contribution in [0.2, 0.25) is 0 Å². The summed E-state index contributed by atoms with van der Waals surface area (Å²) in [5.74, 6) is 0.398. The molecule has 1 spiro atoms. The highest BCUT2D eigenvalue weighted by atomic mass is 16.2. The molecule has 0 unspecified atom stereocenters. The fraction of sp³-hybridized carbons (Fsp3) is 0.600. The summed E-state index contributed by atoms with van der Waals surface area (Å²) >= 11 is 0. The van der Waals surface area contributed by atoms with Gasteiger partial charge in [-0.1, -0.05) is 6.08 Å². The number of carbonyl (C=O) groups excluding carboxylic acids is 2. The molecule has 1 saturated heterocycles. The van der Waals surface area contributed by atoms with Gasteiger partial charge in [-0.15, -0.1) is 6.58 Å². The fourth-order valence-electron chi connectivity index (χ4n) is 2.30. The molecule has 0 bridgehead atoms. The molecule has 0 radical (unpaired) electrons. The molecule has 2 fully saturated rings. The zero-order valence-electron chi connectivity index (χ0n) is 8.01. The van der Waals surface area contributed by atoms with Crippen LogP contribution in [0, 0.1) is 5.92 Å². The molecule has 1 saturated carbocycles. The largest absolute Gasteiger partial charge is 0.323 e. The Morgan fingerprint density at radius 1 is 1.50 bits per heavy atom. The number of rotatable bonds is 3. The highest BCUT2D eigenvalue weighted by molar-refractivity contribution is 6.07. The highest BCUT2D eigenvalue weighted by Crippen LogP contribution is 2.42. The average Bonchev–Trinajstić information content (AvgIpc) is 2.35. The van der Waals surface area contributed by atoms with Crippen molar-refractivity contribution < 1.29 is 9.59 Å². The lowest BCUT2D eigenvalue weighted by molar-refractivity contribution is -0.128. The summed E-state index contributed by atoms with van der Waals surface area (Å²) in [7, 11) is 0. The van der Waals surface area contributed by atoms with Gasteiger partial charge in [-0.2, -0.15) is 0 Å². The number of hydrogen-bond donors (Lipinski definition) is 2. The molecule has 2 aliphatic rings. The third-order valence-corrected chi connectivity index (χ3v) is 3.07. The van der Waals surface area contributed by atoms with Gasteiger partial charge in [0.25, 0.3) is 5.91 Å². The number of imide groups is 1. The SMILES string of the molecule is C=CCCC1CC2(C1)NC(=O)NC2=O.